The summed E-state index contributed by atoms with van der Waals surface area (Å²) in [6.07, 6.45) is 0. The number of hydrogen-bond acceptors (Lipinski definition) is 2. The Morgan fingerprint density at radius 1 is 1.00 bits per heavy atom. The third kappa shape index (κ3) is 2.66. The molecule has 0 saturated carbocycles. The van der Waals surface area contributed by atoms with Crippen molar-refractivity contribution < 1.29 is 9.53 Å². The number of rotatable bonds is 3. The van der Waals surface area contributed by atoms with Gasteiger partial charge >= 0.3 is 5.97 Å². The molecule has 0 radical (unpaired) electrons. The van der Waals surface area contributed by atoms with Crippen molar-refractivity contribution in [1.82, 2.24) is 0 Å². The number of benzene rings is 2. The average molecular weight is 247 g/mol. The average Bonchev–Trinajstić information content (AvgIpc) is 2.40. The molecule has 3 heteroatoms. The second-order valence-electron chi connectivity index (χ2n) is 3.45. The highest BCUT2D eigenvalue weighted by atomic mass is 35.5. The molecule has 0 aliphatic carbocycles. The van der Waals surface area contributed by atoms with Crippen molar-refractivity contribution in [2.24, 2.45) is 0 Å². The third-order valence-electron chi connectivity index (χ3n) is 2.42. The van der Waals surface area contributed by atoms with Crippen molar-refractivity contribution >= 4 is 17.6 Å². The van der Waals surface area contributed by atoms with E-state index in [0.29, 0.717) is 5.56 Å². The van der Waals surface area contributed by atoms with Gasteiger partial charge in [-0.15, -0.1) is 0 Å². The third-order valence-corrected chi connectivity index (χ3v) is 2.53. The van der Waals surface area contributed by atoms with Gasteiger partial charge in [-0.25, -0.2) is 4.79 Å². The minimum absolute atomic E-state index is 0.137. The number of halogens is 1. The Kier molecular flexibility index (Phi) is 3.78. The van der Waals surface area contributed by atoms with Crippen LogP contribution in [0.2, 0.25) is 0 Å². The molecule has 2 nitrogen and oxygen atoms in total. The summed E-state index contributed by atoms with van der Waals surface area (Å²) in [5.41, 5.74) is 2.36. The fourth-order valence-corrected chi connectivity index (χ4v) is 1.76. The summed E-state index contributed by atoms with van der Waals surface area (Å²) in [5.74, 6) is -0.403. The van der Waals surface area contributed by atoms with Crippen LogP contribution in [-0.4, -0.2) is 12.0 Å². The maximum atomic E-state index is 11.7. The Bertz CT molecular complexity index is 509. The van der Waals surface area contributed by atoms with E-state index in [4.69, 9.17) is 16.3 Å². The number of esters is 1. The van der Waals surface area contributed by atoms with E-state index >= 15 is 0 Å². The Labute approximate surface area is 105 Å². The van der Waals surface area contributed by atoms with Crippen LogP contribution in [0.1, 0.15) is 10.4 Å². The van der Waals surface area contributed by atoms with Crippen molar-refractivity contribution in [1.29, 1.82) is 0 Å². The van der Waals surface area contributed by atoms with Crippen molar-refractivity contribution in [2.45, 2.75) is 0 Å². The number of carbonyl (C=O) groups is 1. The zero-order chi connectivity index (χ0) is 12.1. The van der Waals surface area contributed by atoms with E-state index in [1.165, 1.54) is 0 Å². The zero-order valence-electron chi connectivity index (χ0n) is 9.10. The van der Waals surface area contributed by atoms with E-state index in [0.717, 1.165) is 11.1 Å². The molecule has 2 aromatic rings. The number of alkyl halides is 1. The minimum Gasteiger partial charge on any atom is -0.446 e. The molecule has 0 N–H and O–H groups in total. The highest BCUT2D eigenvalue weighted by Gasteiger charge is 2.12. The number of carbonyl (C=O) groups excluding carboxylic acids is 1. The molecule has 0 unspecified atom stereocenters. The van der Waals surface area contributed by atoms with E-state index in [1.54, 1.807) is 12.1 Å². The maximum absolute atomic E-state index is 11.7. The van der Waals surface area contributed by atoms with Crippen LogP contribution < -0.4 is 0 Å². The van der Waals surface area contributed by atoms with Gasteiger partial charge in [0.05, 0.1) is 5.56 Å². The first-order valence-corrected chi connectivity index (χ1v) is 5.74. The maximum Gasteiger partial charge on any atom is 0.339 e. The monoisotopic (exact) mass is 246 g/mol. The first-order chi connectivity index (χ1) is 8.33. The Hall–Kier alpha value is -1.80. The molecule has 0 spiro atoms. The van der Waals surface area contributed by atoms with Gasteiger partial charge in [0, 0.05) is 0 Å². The van der Waals surface area contributed by atoms with Gasteiger partial charge in [0.2, 0.25) is 0 Å². The molecule has 0 heterocycles. The first-order valence-electron chi connectivity index (χ1n) is 5.20. The first kappa shape index (κ1) is 11.7. The molecule has 0 fully saturated rings. The lowest BCUT2D eigenvalue weighted by Crippen LogP contribution is -2.05. The van der Waals surface area contributed by atoms with Crippen LogP contribution in [0, 0.1) is 0 Å². The minimum atomic E-state index is -0.403. The Balaban J connectivity index is 2.45. The molecular formula is C14H11ClO2. The van der Waals surface area contributed by atoms with Crippen LogP contribution in [0.5, 0.6) is 0 Å². The normalized spacial score (nSPS) is 9.94. The molecule has 0 aliphatic heterocycles. The fourth-order valence-electron chi connectivity index (χ4n) is 1.66. The van der Waals surface area contributed by atoms with Crippen LogP contribution >= 0.6 is 11.6 Å². The molecule has 0 aromatic heterocycles. The lowest BCUT2D eigenvalue weighted by atomic mass is 10.00. The van der Waals surface area contributed by atoms with Crippen LogP contribution in [0.15, 0.2) is 54.6 Å². The quantitative estimate of drug-likeness (QED) is 0.610. The standard InChI is InChI=1S/C14H11ClO2/c15-10-17-14(16)13-9-5-4-8-12(13)11-6-2-1-3-7-11/h1-9H,10H2. The molecule has 0 saturated heterocycles. The van der Waals surface area contributed by atoms with E-state index in [-0.39, 0.29) is 6.07 Å². The van der Waals surface area contributed by atoms with Crippen molar-refractivity contribution in [2.75, 3.05) is 6.07 Å². The van der Waals surface area contributed by atoms with E-state index in [9.17, 15) is 4.79 Å². The summed E-state index contributed by atoms with van der Waals surface area (Å²) in [6, 6.07) is 16.9. The molecule has 17 heavy (non-hydrogen) atoms. The van der Waals surface area contributed by atoms with Gasteiger partial charge in [0.1, 0.15) is 0 Å². The van der Waals surface area contributed by atoms with Gasteiger partial charge in [0.15, 0.2) is 6.07 Å². The second kappa shape index (κ2) is 5.51. The van der Waals surface area contributed by atoms with Crippen LogP contribution in [-0.2, 0) is 4.74 Å². The summed E-state index contributed by atoms with van der Waals surface area (Å²) in [5, 5.41) is 0. The van der Waals surface area contributed by atoms with Gasteiger partial charge in [-0.2, -0.15) is 0 Å². The fraction of sp³-hybridized carbons (Fsp3) is 0.0714. The molecule has 0 bridgehead atoms. The molecular weight excluding hydrogens is 236 g/mol. The molecule has 0 amide bonds. The topological polar surface area (TPSA) is 26.3 Å². The SMILES string of the molecule is O=C(OCCl)c1ccccc1-c1ccccc1. The predicted molar refractivity (Wildman–Crippen MR) is 68.0 cm³/mol. The van der Waals surface area contributed by atoms with Crippen molar-refractivity contribution in [3.63, 3.8) is 0 Å². The highest BCUT2D eigenvalue weighted by Crippen LogP contribution is 2.23. The number of hydrogen-bond donors (Lipinski definition) is 0. The molecule has 86 valence electrons. The molecule has 0 aliphatic rings. The second-order valence-corrected chi connectivity index (χ2v) is 3.67. The molecule has 2 aromatic carbocycles. The van der Waals surface area contributed by atoms with Gasteiger partial charge in [0.25, 0.3) is 0 Å². The van der Waals surface area contributed by atoms with Crippen LogP contribution in [0.4, 0.5) is 0 Å². The van der Waals surface area contributed by atoms with Crippen molar-refractivity contribution in [3.8, 4) is 11.1 Å². The predicted octanol–water partition coefficient (Wildman–Crippen LogP) is 3.71. The zero-order valence-corrected chi connectivity index (χ0v) is 9.85. The highest BCUT2D eigenvalue weighted by molar-refractivity contribution is 6.18. The van der Waals surface area contributed by atoms with Gasteiger partial charge in [-0.1, -0.05) is 60.1 Å². The van der Waals surface area contributed by atoms with Crippen LogP contribution in [0.25, 0.3) is 11.1 Å². The van der Waals surface area contributed by atoms with E-state index in [2.05, 4.69) is 0 Å². The smallest absolute Gasteiger partial charge is 0.339 e. The van der Waals surface area contributed by atoms with Gasteiger partial charge < -0.3 is 4.74 Å². The lowest BCUT2D eigenvalue weighted by Gasteiger charge is -2.08. The van der Waals surface area contributed by atoms with Crippen molar-refractivity contribution in [3.05, 3.63) is 60.2 Å². The largest absolute Gasteiger partial charge is 0.446 e. The van der Waals surface area contributed by atoms with E-state index in [1.807, 2.05) is 42.5 Å². The summed E-state index contributed by atoms with van der Waals surface area (Å²) in [4.78, 5) is 11.7. The van der Waals surface area contributed by atoms with Gasteiger partial charge in [-0.05, 0) is 17.2 Å². The number of ether oxygens (including phenoxy) is 1. The van der Waals surface area contributed by atoms with Gasteiger partial charge in [-0.3, -0.25) is 0 Å². The summed E-state index contributed by atoms with van der Waals surface area (Å²) in [7, 11) is 0. The van der Waals surface area contributed by atoms with E-state index < -0.39 is 5.97 Å². The lowest BCUT2D eigenvalue weighted by molar-refractivity contribution is 0.0575. The summed E-state index contributed by atoms with van der Waals surface area (Å²) in [6.45, 7) is 0. The Morgan fingerprint density at radius 2 is 1.65 bits per heavy atom. The molecule has 0 atom stereocenters. The molecule has 2 rings (SSSR count). The summed E-state index contributed by atoms with van der Waals surface area (Å²) < 4.78 is 4.82. The van der Waals surface area contributed by atoms with Crippen LogP contribution in [0.3, 0.4) is 0 Å². The Morgan fingerprint density at radius 3 is 2.35 bits per heavy atom. The summed E-state index contributed by atoms with van der Waals surface area (Å²) >= 11 is 5.40.